The molecule has 0 heterocycles. The Bertz CT molecular complexity index is 288. The highest BCUT2D eigenvalue weighted by Crippen LogP contribution is 2.19. The van der Waals surface area contributed by atoms with Crippen molar-refractivity contribution in [3.05, 3.63) is 35.6 Å². The second-order valence-electron chi connectivity index (χ2n) is 3.35. The molecule has 0 aliphatic heterocycles. The molecule has 14 heavy (non-hydrogen) atoms. The third-order valence-corrected chi connectivity index (χ3v) is 2.19. The lowest BCUT2D eigenvalue weighted by Gasteiger charge is -2.15. The van der Waals surface area contributed by atoms with Gasteiger partial charge in [-0.25, -0.2) is 4.39 Å². The van der Waals surface area contributed by atoms with Gasteiger partial charge >= 0.3 is 0 Å². The molecule has 0 radical (unpaired) electrons. The van der Waals surface area contributed by atoms with E-state index in [4.69, 9.17) is 4.74 Å². The molecule has 2 nitrogen and oxygen atoms in total. The van der Waals surface area contributed by atoms with Gasteiger partial charge in [-0.3, -0.25) is 0 Å². The molecule has 0 fully saturated rings. The van der Waals surface area contributed by atoms with E-state index in [1.807, 2.05) is 6.92 Å². The highest BCUT2D eigenvalue weighted by atomic mass is 19.1. The third kappa shape index (κ3) is 3.09. The number of aliphatic hydroxyl groups is 1. The zero-order valence-corrected chi connectivity index (χ0v) is 8.40. The Morgan fingerprint density at radius 2 is 2.21 bits per heavy atom. The number of halogens is 1. The van der Waals surface area contributed by atoms with E-state index in [1.54, 1.807) is 19.2 Å². The lowest BCUT2D eigenvalue weighted by molar-refractivity contribution is 0.0558. The summed E-state index contributed by atoms with van der Waals surface area (Å²) in [6.07, 6.45) is -0.228. The number of methoxy groups -OCH3 is 1. The summed E-state index contributed by atoms with van der Waals surface area (Å²) in [6, 6.07) is 5.99. The normalized spacial score (nSPS) is 15.1. The van der Waals surface area contributed by atoms with Gasteiger partial charge in [0.2, 0.25) is 0 Å². The summed E-state index contributed by atoms with van der Waals surface area (Å²) in [5.74, 6) is -0.327. The molecule has 0 amide bonds. The lowest BCUT2D eigenvalue weighted by Crippen LogP contribution is -2.11. The van der Waals surface area contributed by atoms with Crippen molar-refractivity contribution in [2.45, 2.75) is 25.6 Å². The van der Waals surface area contributed by atoms with Crippen LogP contribution in [0, 0.1) is 5.82 Å². The van der Waals surface area contributed by atoms with Gasteiger partial charge in [0.25, 0.3) is 0 Å². The third-order valence-electron chi connectivity index (χ3n) is 2.19. The smallest absolute Gasteiger partial charge is 0.123 e. The first-order valence-electron chi connectivity index (χ1n) is 4.60. The maximum Gasteiger partial charge on any atom is 0.123 e. The molecule has 2 unspecified atom stereocenters. The maximum atomic E-state index is 12.8. The molecule has 0 aliphatic carbocycles. The average molecular weight is 198 g/mol. The van der Waals surface area contributed by atoms with Crippen LogP contribution in [0.4, 0.5) is 4.39 Å². The summed E-state index contributed by atoms with van der Waals surface area (Å²) in [5, 5.41) is 9.70. The number of benzene rings is 1. The van der Waals surface area contributed by atoms with Crippen molar-refractivity contribution in [1.29, 1.82) is 0 Å². The molecule has 0 saturated heterocycles. The van der Waals surface area contributed by atoms with Gasteiger partial charge in [0.1, 0.15) is 5.82 Å². The van der Waals surface area contributed by atoms with Crippen LogP contribution >= 0.6 is 0 Å². The number of hydrogen-bond donors (Lipinski definition) is 1. The van der Waals surface area contributed by atoms with Crippen LogP contribution < -0.4 is 0 Å². The van der Waals surface area contributed by atoms with Gasteiger partial charge in [0.05, 0.1) is 12.2 Å². The zero-order chi connectivity index (χ0) is 10.6. The van der Waals surface area contributed by atoms with E-state index in [-0.39, 0.29) is 11.9 Å². The van der Waals surface area contributed by atoms with Crippen LogP contribution in [0.2, 0.25) is 0 Å². The monoisotopic (exact) mass is 198 g/mol. The SMILES string of the molecule is COC(C)CC(O)c1cccc(F)c1. The number of aliphatic hydroxyl groups excluding tert-OH is 1. The molecule has 3 heteroatoms. The van der Waals surface area contributed by atoms with Gasteiger partial charge in [0.15, 0.2) is 0 Å². The fourth-order valence-corrected chi connectivity index (χ4v) is 1.26. The fraction of sp³-hybridized carbons (Fsp3) is 0.455. The van der Waals surface area contributed by atoms with E-state index in [1.165, 1.54) is 12.1 Å². The molecule has 0 aromatic heterocycles. The minimum atomic E-state index is -0.666. The highest BCUT2D eigenvalue weighted by molar-refractivity contribution is 5.18. The van der Waals surface area contributed by atoms with Crippen molar-refractivity contribution in [3.63, 3.8) is 0 Å². The molecule has 0 saturated carbocycles. The Morgan fingerprint density at radius 3 is 2.79 bits per heavy atom. The summed E-state index contributed by atoms with van der Waals surface area (Å²) >= 11 is 0. The van der Waals surface area contributed by atoms with Gasteiger partial charge in [0, 0.05) is 13.5 Å². The minimum absolute atomic E-state index is 0.0340. The van der Waals surface area contributed by atoms with E-state index in [0.717, 1.165) is 0 Å². The second kappa shape index (κ2) is 5.08. The van der Waals surface area contributed by atoms with Crippen molar-refractivity contribution in [3.8, 4) is 0 Å². The predicted molar refractivity (Wildman–Crippen MR) is 52.4 cm³/mol. The lowest BCUT2D eigenvalue weighted by atomic mass is 10.0. The Morgan fingerprint density at radius 1 is 1.50 bits per heavy atom. The largest absolute Gasteiger partial charge is 0.388 e. The number of ether oxygens (including phenoxy) is 1. The topological polar surface area (TPSA) is 29.5 Å². The van der Waals surface area contributed by atoms with Crippen molar-refractivity contribution in [1.82, 2.24) is 0 Å². The van der Waals surface area contributed by atoms with Crippen LogP contribution in [0.1, 0.15) is 25.0 Å². The molecular formula is C11H15FO2. The molecule has 0 bridgehead atoms. The van der Waals surface area contributed by atoms with E-state index in [2.05, 4.69) is 0 Å². The van der Waals surface area contributed by atoms with Crippen LogP contribution in [0.5, 0.6) is 0 Å². The molecular weight excluding hydrogens is 183 g/mol. The first kappa shape index (κ1) is 11.1. The number of rotatable bonds is 4. The van der Waals surface area contributed by atoms with Gasteiger partial charge in [-0.2, -0.15) is 0 Å². The second-order valence-corrected chi connectivity index (χ2v) is 3.35. The quantitative estimate of drug-likeness (QED) is 0.804. The average Bonchev–Trinajstić information content (AvgIpc) is 2.17. The Kier molecular flexibility index (Phi) is 4.04. The van der Waals surface area contributed by atoms with E-state index < -0.39 is 6.10 Å². The first-order valence-corrected chi connectivity index (χ1v) is 4.60. The highest BCUT2D eigenvalue weighted by Gasteiger charge is 2.12. The minimum Gasteiger partial charge on any atom is -0.388 e. The van der Waals surface area contributed by atoms with Crippen molar-refractivity contribution in [2.24, 2.45) is 0 Å². The van der Waals surface area contributed by atoms with Crippen LogP contribution in [0.15, 0.2) is 24.3 Å². The summed E-state index contributed by atoms with van der Waals surface area (Å²) in [7, 11) is 1.59. The van der Waals surface area contributed by atoms with E-state index in [9.17, 15) is 9.50 Å². The van der Waals surface area contributed by atoms with Crippen LogP contribution in [0.25, 0.3) is 0 Å². The molecule has 2 atom stereocenters. The standard InChI is InChI=1S/C11H15FO2/c1-8(14-2)6-11(13)9-4-3-5-10(12)7-9/h3-5,7-8,11,13H,6H2,1-2H3. The Hall–Kier alpha value is -0.930. The molecule has 1 N–H and O–H groups in total. The van der Waals surface area contributed by atoms with Crippen molar-refractivity contribution >= 4 is 0 Å². The summed E-state index contributed by atoms with van der Waals surface area (Å²) in [6.45, 7) is 1.86. The van der Waals surface area contributed by atoms with Crippen molar-refractivity contribution in [2.75, 3.05) is 7.11 Å². The molecule has 1 aromatic carbocycles. The fourth-order valence-electron chi connectivity index (χ4n) is 1.26. The number of hydrogen-bond acceptors (Lipinski definition) is 2. The summed E-state index contributed by atoms with van der Waals surface area (Å²) < 4.78 is 17.8. The Labute approximate surface area is 83.3 Å². The van der Waals surface area contributed by atoms with Crippen molar-refractivity contribution < 1.29 is 14.2 Å². The summed E-state index contributed by atoms with van der Waals surface area (Å²) in [4.78, 5) is 0. The van der Waals surface area contributed by atoms with Gasteiger partial charge in [-0.05, 0) is 24.6 Å². The molecule has 0 spiro atoms. The zero-order valence-electron chi connectivity index (χ0n) is 8.40. The Balaban J connectivity index is 2.64. The van der Waals surface area contributed by atoms with Crippen LogP contribution in [0.3, 0.4) is 0 Å². The predicted octanol–water partition coefficient (Wildman–Crippen LogP) is 2.28. The van der Waals surface area contributed by atoms with Crippen LogP contribution in [-0.2, 0) is 4.74 Å². The van der Waals surface area contributed by atoms with Gasteiger partial charge < -0.3 is 9.84 Å². The molecule has 1 rings (SSSR count). The molecule has 1 aromatic rings. The molecule has 78 valence electrons. The van der Waals surface area contributed by atoms with Gasteiger partial charge in [-0.15, -0.1) is 0 Å². The van der Waals surface area contributed by atoms with Gasteiger partial charge in [-0.1, -0.05) is 12.1 Å². The maximum absolute atomic E-state index is 12.8. The molecule has 0 aliphatic rings. The van der Waals surface area contributed by atoms with Crippen LogP contribution in [-0.4, -0.2) is 18.3 Å². The summed E-state index contributed by atoms with van der Waals surface area (Å²) in [5.41, 5.74) is 0.592. The van der Waals surface area contributed by atoms with E-state index in [0.29, 0.717) is 12.0 Å². The first-order chi connectivity index (χ1) is 6.63. The van der Waals surface area contributed by atoms with E-state index >= 15 is 0 Å².